The predicted molar refractivity (Wildman–Crippen MR) is 105 cm³/mol. The summed E-state index contributed by atoms with van der Waals surface area (Å²) >= 11 is 0. The fourth-order valence-corrected chi connectivity index (χ4v) is 3.30. The van der Waals surface area contributed by atoms with Crippen LogP contribution in [0.3, 0.4) is 0 Å². The minimum Gasteiger partial charge on any atom is -0.505 e. The van der Waals surface area contributed by atoms with Gasteiger partial charge in [-0.1, -0.05) is 30.3 Å². The number of para-hydroxylation sites is 3. The number of aromatic nitrogens is 2. The Hall–Kier alpha value is -3.81. The number of nitrogens with one attached hydrogen (secondary N) is 1. The normalized spacial score (nSPS) is 15.1. The first-order valence-corrected chi connectivity index (χ1v) is 9.08. The summed E-state index contributed by atoms with van der Waals surface area (Å²) in [5.74, 6) is 0.0459. The highest BCUT2D eigenvalue weighted by Gasteiger charge is 2.25. The standard InChI is InChI=1S/C21H19N3O5/c1-28-18-9-5-3-7-15(18)24-19(26)12-16(25)20(23-24)21(27)22-14-10-11-29-17-8-4-2-6-13(14)17/h2-9,12,14,25H,10-11H2,1H3,(H,22,27). The lowest BCUT2D eigenvalue weighted by atomic mass is 10.0. The van der Waals surface area contributed by atoms with Crippen molar-refractivity contribution in [2.75, 3.05) is 13.7 Å². The molecular formula is C21H19N3O5. The molecular weight excluding hydrogens is 374 g/mol. The average Bonchev–Trinajstić information content (AvgIpc) is 2.74. The predicted octanol–water partition coefficient (Wildman–Crippen LogP) is 2.20. The van der Waals surface area contributed by atoms with Gasteiger partial charge in [0.25, 0.3) is 11.5 Å². The van der Waals surface area contributed by atoms with Crippen molar-refractivity contribution in [3.8, 4) is 22.9 Å². The molecule has 29 heavy (non-hydrogen) atoms. The lowest BCUT2D eigenvalue weighted by Gasteiger charge is -2.26. The van der Waals surface area contributed by atoms with Gasteiger partial charge in [-0.2, -0.15) is 9.78 Å². The molecule has 0 fully saturated rings. The van der Waals surface area contributed by atoms with Gasteiger partial charge in [0.15, 0.2) is 11.4 Å². The first-order chi connectivity index (χ1) is 14.1. The minimum absolute atomic E-state index is 0.250. The maximum atomic E-state index is 12.9. The Balaban J connectivity index is 1.69. The van der Waals surface area contributed by atoms with Crippen LogP contribution in [-0.4, -0.2) is 34.5 Å². The Bertz CT molecular complexity index is 1130. The summed E-state index contributed by atoms with van der Waals surface area (Å²) < 4.78 is 11.9. The van der Waals surface area contributed by atoms with E-state index in [9.17, 15) is 14.7 Å². The molecule has 8 heteroatoms. The van der Waals surface area contributed by atoms with Crippen molar-refractivity contribution in [2.24, 2.45) is 0 Å². The third kappa shape index (κ3) is 3.52. The molecule has 0 radical (unpaired) electrons. The fraction of sp³-hybridized carbons (Fsp3) is 0.190. The van der Waals surface area contributed by atoms with Crippen molar-refractivity contribution in [2.45, 2.75) is 12.5 Å². The van der Waals surface area contributed by atoms with Crippen LogP contribution < -0.4 is 20.3 Å². The van der Waals surface area contributed by atoms with E-state index in [1.165, 1.54) is 7.11 Å². The number of hydrogen-bond acceptors (Lipinski definition) is 6. The third-order valence-corrected chi connectivity index (χ3v) is 4.70. The van der Waals surface area contributed by atoms with Crippen LogP contribution in [0.25, 0.3) is 5.69 Å². The molecule has 4 rings (SSSR count). The molecule has 0 bridgehead atoms. The molecule has 3 aromatic rings. The maximum absolute atomic E-state index is 12.9. The zero-order valence-electron chi connectivity index (χ0n) is 15.7. The zero-order chi connectivity index (χ0) is 20.4. The Kier molecular flexibility index (Phi) is 4.90. The Morgan fingerprint density at radius 2 is 2.00 bits per heavy atom. The topological polar surface area (TPSA) is 103 Å². The van der Waals surface area contributed by atoms with Gasteiger partial charge in [-0.15, -0.1) is 0 Å². The number of methoxy groups -OCH3 is 1. The van der Waals surface area contributed by atoms with E-state index >= 15 is 0 Å². The van der Waals surface area contributed by atoms with Crippen LogP contribution in [0, 0.1) is 0 Å². The maximum Gasteiger partial charge on any atom is 0.276 e. The first-order valence-electron chi connectivity index (χ1n) is 9.08. The Labute approximate surface area is 166 Å². The van der Waals surface area contributed by atoms with Crippen molar-refractivity contribution >= 4 is 5.91 Å². The smallest absolute Gasteiger partial charge is 0.276 e. The second-order valence-electron chi connectivity index (χ2n) is 6.50. The summed E-state index contributed by atoms with van der Waals surface area (Å²) in [5, 5.41) is 17.2. The molecule has 1 unspecified atom stereocenters. The Morgan fingerprint density at radius 3 is 2.83 bits per heavy atom. The summed E-state index contributed by atoms with van der Waals surface area (Å²) in [6.45, 7) is 0.460. The van der Waals surface area contributed by atoms with Gasteiger partial charge >= 0.3 is 0 Å². The van der Waals surface area contributed by atoms with E-state index in [-0.39, 0.29) is 11.7 Å². The lowest BCUT2D eigenvalue weighted by Crippen LogP contribution is -2.34. The van der Waals surface area contributed by atoms with Crippen molar-refractivity contribution in [3.63, 3.8) is 0 Å². The van der Waals surface area contributed by atoms with E-state index in [2.05, 4.69) is 10.4 Å². The number of ether oxygens (including phenoxy) is 2. The highest BCUT2D eigenvalue weighted by Crippen LogP contribution is 2.32. The number of amides is 1. The number of carbonyl (C=O) groups is 1. The number of benzene rings is 2. The van der Waals surface area contributed by atoms with Gasteiger partial charge in [0, 0.05) is 18.1 Å². The number of hydrogen-bond donors (Lipinski definition) is 2. The van der Waals surface area contributed by atoms with E-state index < -0.39 is 17.2 Å². The monoisotopic (exact) mass is 393 g/mol. The SMILES string of the molecule is COc1ccccc1-n1nc(C(=O)NC2CCOc3ccccc32)c(O)cc1=O. The molecule has 2 heterocycles. The van der Waals surface area contributed by atoms with E-state index in [4.69, 9.17) is 9.47 Å². The molecule has 0 saturated carbocycles. The molecule has 2 N–H and O–H groups in total. The lowest BCUT2D eigenvalue weighted by molar-refractivity contribution is 0.0914. The van der Waals surface area contributed by atoms with Crippen LogP contribution >= 0.6 is 0 Å². The van der Waals surface area contributed by atoms with Crippen molar-refractivity contribution in [1.29, 1.82) is 0 Å². The molecule has 1 aliphatic rings. The van der Waals surface area contributed by atoms with Crippen LogP contribution in [0.4, 0.5) is 0 Å². The minimum atomic E-state index is -0.590. The molecule has 1 amide bonds. The first kappa shape index (κ1) is 18.5. The summed E-state index contributed by atoms with van der Waals surface area (Å²) in [7, 11) is 1.47. The molecule has 0 saturated heterocycles. The number of fused-ring (bicyclic) bond motifs is 1. The number of nitrogens with zero attached hydrogens (tertiary/aromatic N) is 2. The molecule has 0 spiro atoms. The average molecular weight is 393 g/mol. The third-order valence-electron chi connectivity index (χ3n) is 4.70. The van der Waals surface area contributed by atoms with Gasteiger partial charge < -0.3 is 19.9 Å². The van der Waals surface area contributed by atoms with Gasteiger partial charge in [0.2, 0.25) is 0 Å². The summed E-state index contributed by atoms with van der Waals surface area (Å²) in [4.78, 5) is 25.2. The summed E-state index contributed by atoms with van der Waals surface area (Å²) in [6, 6.07) is 14.9. The molecule has 8 nitrogen and oxygen atoms in total. The second-order valence-corrected chi connectivity index (χ2v) is 6.50. The van der Waals surface area contributed by atoms with Crippen molar-refractivity contribution in [1.82, 2.24) is 15.1 Å². The second kappa shape index (κ2) is 7.67. The Morgan fingerprint density at radius 1 is 1.24 bits per heavy atom. The molecule has 1 aliphatic heterocycles. The van der Waals surface area contributed by atoms with Crippen molar-refractivity contribution in [3.05, 3.63) is 76.2 Å². The van der Waals surface area contributed by atoms with E-state index in [1.54, 1.807) is 24.3 Å². The molecule has 1 atom stereocenters. The van der Waals surface area contributed by atoms with Crippen LogP contribution in [-0.2, 0) is 0 Å². The fourth-order valence-electron chi connectivity index (χ4n) is 3.30. The molecule has 1 aromatic heterocycles. The largest absolute Gasteiger partial charge is 0.505 e. The highest BCUT2D eigenvalue weighted by molar-refractivity contribution is 5.95. The molecule has 2 aromatic carbocycles. The number of aromatic hydroxyl groups is 1. The van der Waals surface area contributed by atoms with Gasteiger partial charge in [0.1, 0.15) is 17.2 Å². The van der Waals surface area contributed by atoms with Crippen LogP contribution in [0.15, 0.2) is 59.4 Å². The van der Waals surface area contributed by atoms with E-state index in [0.717, 1.165) is 16.3 Å². The van der Waals surface area contributed by atoms with Gasteiger partial charge in [-0.05, 0) is 18.2 Å². The molecule has 0 aliphatic carbocycles. The van der Waals surface area contributed by atoms with Crippen LogP contribution in [0.5, 0.6) is 17.2 Å². The zero-order valence-corrected chi connectivity index (χ0v) is 15.7. The van der Waals surface area contributed by atoms with E-state index in [0.29, 0.717) is 30.2 Å². The number of carbonyl (C=O) groups excluding carboxylic acids is 1. The van der Waals surface area contributed by atoms with Gasteiger partial charge in [0.05, 0.1) is 19.8 Å². The quantitative estimate of drug-likeness (QED) is 0.705. The van der Waals surface area contributed by atoms with Gasteiger partial charge in [-0.25, -0.2) is 0 Å². The number of rotatable bonds is 4. The van der Waals surface area contributed by atoms with Crippen molar-refractivity contribution < 1.29 is 19.4 Å². The summed E-state index contributed by atoms with van der Waals surface area (Å²) in [6.07, 6.45) is 0.579. The van der Waals surface area contributed by atoms with Crippen LogP contribution in [0.1, 0.15) is 28.5 Å². The summed E-state index contributed by atoms with van der Waals surface area (Å²) in [5.41, 5.74) is 0.384. The van der Waals surface area contributed by atoms with Gasteiger partial charge in [-0.3, -0.25) is 9.59 Å². The van der Waals surface area contributed by atoms with E-state index in [1.807, 2.05) is 24.3 Å². The molecule has 148 valence electrons. The van der Waals surface area contributed by atoms with Crippen LogP contribution in [0.2, 0.25) is 0 Å². The highest BCUT2D eigenvalue weighted by atomic mass is 16.5.